The second kappa shape index (κ2) is 10.9. The summed E-state index contributed by atoms with van der Waals surface area (Å²) in [5, 5.41) is 7.28. The van der Waals surface area contributed by atoms with Gasteiger partial charge in [-0.25, -0.2) is 4.79 Å². The molecule has 0 bridgehead atoms. The topological polar surface area (TPSA) is 86.5 Å². The number of urea groups is 1. The fourth-order valence-electron chi connectivity index (χ4n) is 5.03. The zero-order valence-corrected chi connectivity index (χ0v) is 22.4. The van der Waals surface area contributed by atoms with Crippen molar-refractivity contribution >= 4 is 57.0 Å². The molecule has 39 heavy (non-hydrogen) atoms. The molecule has 2 amide bonds. The number of piperazine rings is 1. The SMILES string of the molecule is Cc1ccc2c(N3CCN(CCc4cccc(NC(=O)Nc5nc6cc(Cl)ccc6o5)c4)CC3)cccc2n1. The van der Waals surface area contributed by atoms with Gasteiger partial charge in [0.2, 0.25) is 0 Å². The van der Waals surface area contributed by atoms with Gasteiger partial charge in [-0.1, -0.05) is 29.8 Å². The largest absolute Gasteiger partial charge is 0.423 e. The number of hydrogen-bond donors (Lipinski definition) is 2. The van der Waals surface area contributed by atoms with E-state index in [2.05, 4.69) is 66.8 Å². The molecular weight excluding hydrogens is 512 g/mol. The molecule has 3 aromatic carbocycles. The van der Waals surface area contributed by atoms with Gasteiger partial charge in [-0.05, 0) is 73.5 Å². The van der Waals surface area contributed by atoms with Crippen LogP contribution in [-0.2, 0) is 6.42 Å². The van der Waals surface area contributed by atoms with Crippen molar-refractivity contribution in [1.82, 2.24) is 14.9 Å². The molecule has 1 saturated heterocycles. The number of aryl methyl sites for hydroxylation is 1. The standard InChI is InChI=1S/C30H29ClN6O2/c1-20-8-10-24-25(32-20)6-3-7-27(24)37-16-14-36(15-17-37)13-12-21-4-2-5-23(18-21)33-29(38)35-30-34-26-19-22(31)9-11-28(26)39-30/h2-11,18-19H,12-17H2,1H3,(H2,33,34,35,38). The van der Waals surface area contributed by atoms with E-state index in [0.29, 0.717) is 21.8 Å². The summed E-state index contributed by atoms with van der Waals surface area (Å²) in [6.45, 7) is 6.97. The fourth-order valence-corrected chi connectivity index (χ4v) is 5.20. The molecule has 198 valence electrons. The molecule has 1 fully saturated rings. The first kappa shape index (κ1) is 25.2. The van der Waals surface area contributed by atoms with Crippen LogP contribution < -0.4 is 15.5 Å². The van der Waals surface area contributed by atoms with Crippen LogP contribution >= 0.6 is 11.6 Å². The summed E-state index contributed by atoms with van der Waals surface area (Å²) in [6.07, 6.45) is 0.903. The van der Waals surface area contributed by atoms with Crippen LogP contribution in [0, 0.1) is 6.92 Å². The van der Waals surface area contributed by atoms with Gasteiger partial charge in [0, 0.05) is 60.2 Å². The number of amides is 2. The number of nitrogens with one attached hydrogen (secondary N) is 2. The van der Waals surface area contributed by atoms with E-state index >= 15 is 0 Å². The summed E-state index contributed by atoms with van der Waals surface area (Å²) in [5.41, 5.74) is 6.38. The molecule has 2 N–H and O–H groups in total. The number of benzene rings is 3. The highest BCUT2D eigenvalue weighted by atomic mass is 35.5. The van der Waals surface area contributed by atoms with E-state index in [-0.39, 0.29) is 6.01 Å². The van der Waals surface area contributed by atoms with E-state index in [0.717, 1.165) is 50.4 Å². The first-order valence-corrected chi connectivity index (χ1v) is 13.4. The lowest BCUT2D eigenvalue weighted by atomic mass is 10.1. The van der Waals surface area contributed by atoms with Crippen LogP contribution in [0.15, 0.2) is 77.2 Å². The highest BCUT2D eigenvalue weighted by molar-refractivity contribution is 6.31. The van der Waals surface area contributed by atoms with E-state index in [4.69, 9.17) is 16.0 Å². The molecule has 0 saturated carbocycles. The Kier molecular flexibility index (Phi) is 7.04. The summed E-state index contributed by atoms with van der Waals surface area (Å²) < 4.78 is 5.57. The lowest BCUT2D eigenvalue weighted by Crippen LogP contribution is -2.47. The van der Waals surface area contributed by atoms with E-state index < -0.39 is 6.03 Å². The van der Waals surface area contributed by atoms with E-state index in [9.17, 15) is 4.79 Å². The number of aromatic nitrogens is 2. The molecule has 8 nitrogen and oxygen atoms in total. The van der Waals surface area contributed by atoms with Crippen molar-refractivity contribution in [1.29, 1.82) is 0 Å². The third-order valence-electron chi connectivity index (χ3n) is 7.03. The van der Waals surface area contributed by atoms with Gasteiger partial charge in [0.25, 0.3) is 0 Å². The van der Waals surface area contributed by atoms with Gasteiger partial charge in [0.15, 0.2) is 5.58 Å². The van der Waals surface area contributed by atoms with Crippen LogP contribution in [-0.4, -0.2) is 53.6 Å². The van der Waals surface area contributed by atoms with Crippen LogP contribution in [0.1, 0.15) is 11.3 Å². The predicted octanol–water partition coefficient (Wildman–Crippen LogP) is 6.35. The molecule has 0 atom stereocenters. The number of rotatable bonds is 6. The van der Waals surface area contributed by atoms with Crippen molar-refractivity contribution < 1.29 is 9.21 Å². The van der Waals surface area contributed by atoms with E-state index in [1.807, 2.05) is 25.1 Å². The van der Waals surface area contributed by atoms with Crippen molar-refractivity contribution in [3.05, 3.63) is 89.1 Å². The van der Waals surface area contributed by atoms with Gasteiger partial charge in [0.1, 0.15) is 5.52 Å². The Morgan fingerprint density at radius 1 is 0.923 bits per heavy atom. The molecule has 3 heterocycles. The number of oxazole rings is 1. The third-order valence-corrected chi connectivity index (χ3v) is 7.27. The van der Waals surface area contributed by atoms with Crippen LogP contribution in [0.5, 0.6) is 0 Å². The second-order valence-electron chi connectivity index (χ2n) is 9.79. The van der Waals surface area contributed by atoms with Crippen LogP contribution in [0.4, 0.5) is 22.2 Å². The molecular formula is C30H29ClN6O2. The molecule has 6 rings (SSSR count). The summed E-state index contributed by atoms with van der Waals surface area (Å²) in [5.74, 6) is 0. The predicted molar refractivity (Wildman–Crippen MR) is 157 cm³/mol. The smallest absolute Gasteiger partial charge is 0.327 e. The van der Waals surface area contributed by atoms with Gasteiger partial charge in [-0.2, -0.15) is 4.98 Å². The van der Waals surface area contributed by atoms with Gasteiger partial charge in [-0.3, -0.25) is 15.2 Å². The van der Waals surface area contributed by atoms with Gasteiger partial charge >= 0.3 is 12.0 Å². The number of anilines is 3. The Morgan fingerprint density at radius 3 is 2.64 bits per heavy atom. The summed E-state index contributed by atoms with van der Waals surface area (Å²) in [6, 6.07) is 23.4. The number of halogens is 1. The van der Waals surface area contributed by atoms with E-state index in [1.54, 1.807) is 18.2 Å². The minimum absolute atomic E-state index is 0.120. The average molecular weight is 541 g/mol. The number of pyridine rings is 1. The molecule has 0 unspecified atom stereocenters. The van der Waals surface area contributed by atoms with Crippen molar-refractivity contribution in [3.63, 3.8) is 0 Å². The first-order chi connectivity index (χ1) is 19.0. The highest BCUT2D eigenvalue weighted by Crippen LogP contribution is 2.27. The summed E-state index contributed by atoms with van der Waals surface area (Å²) in [7, 11) is 0. The lowest BCUT2D eigenvalue weighted by Gasteiger charge is -2.36. The molecule has 0 aliphatic carbocycles. The van der Waals surface area contributed by atoms with Crippen molar-refractivity contribution in [2.75, 3.05) is 48.3 Å². The Labute approximate surface area is 231 Å². The van der Waals surface area contributed by atoms with Crippen LogP contribution in [0.3, 0.4) is 0 Å². The number of nitrogens with zero attached hydrogens (tertiary/aromatic N) is 4. The Bertz CT molecular complexity index is 1640. The van der Waals surface area contributed by atoms with Crippen LogP contribution in [0.25, 0.3) is 22.0 Å². The van der Waals surface area contributed by atoms with Crippen molar-refractivity contribution in [3.8, 4) is 0 Å². The lowest BCUT2D eigenvalue weighted by molar-refractivity contribution is 0.261. The van der Waals surface area contributed by atoms with Crippen molar-refractivity contribution in [2.45, 2.75) is 13.3 Å². The normalized spacial score (nSPS) is 14.2. The van der Waals surface area contributed by atoms with Crippen LogP contribution in [0.2, 0.25) is 5.02 Å². The Morgan fingerprint density at radius 2 is 1.77 bits per heavy atom. The molecule has 9 heteroatoms. The molecule has 2 aromatic heterocycles. The third kappa shape index (κ3) is 5.82. The average Bonchev–Trinajstić information content (AvgIpc) is 3.33. The van der Waals surface area contributed by atoms with E-state index in [1.165, 1.54) is 16.6 Å². The highest BCUT2D eigenvalue weighted by Gasteiger charge is 2.19. The Hall–Kier alpha value is -4.14. The number of hydrogen-bond acceptors (Lipinski definition) is 6. The molecule has 0 radical (unpaired) electrons. The van der Waals surface area contributed by atoms with Gasteiger partial charge in [-0.15, -0.1) is 0 Å². The summed E-state index contributed by atoms with van der Waals surface area (Å²) in [4.78, 5) is 26.4. The number of carbonyl (C=O) groups excluding carboxylic acids is 1. The van der Waals surface area contributed by atoms with Gasteiger partial charge < -0.3 is 14.6 Å². The first-order valence-electron chi connectivity index (χ1n) is 13.1. The monoisotopic (exact) mass is 540 g/mol. The maximum absolute atomic E-state index is 12.5. The molecule has 1 aliphatic rings. The zero-order chi connectivity index (χ0) is 26.8. The minimum Gasteiger partial charge on any atom is -0.423 e. The molecule has 1 aliphatic heterocycles. The Balaban J connectivity index is 1.01. The molecule has 5 aromatic rings. The fraction of sp³-hybridized carbons (Fsp3) is 0.233. The zero-order valence-electron chi connectivity index (χ0n) is 21.7. The quantitative estimate of drug-likeness (QED) is 0.261. The number of carbonyl (C=O) groups is 1. The second-order valence-corrected chi connectivity index (χ2v) is 10.2. The molecule has 0 spiro atoms. The summed E-state index contributed by atoms with van der Waals surface area (Å²) >= 11 is 6.00. The minimum atomic E-state index is -0.417. The maximum atomic E-state index is 12.5. The number of fused-ring (bicyclic) bond motifs is 2. The van der Waals surface area contributed by atoms with Gasteiger partial charge in [0.05, 0.1) is 5.52 Å². The van der Waals surface area contributed by atoms with Crippen molar-refractivity contribution in [2.24, 2.45) is 0 Å². The maximum Gasteiger partial charge on any atom is 0.327 e.